The number of para-hydroxylation sites is 1. The Bertz CT molecular complexity index is 1210. The summed E-state index contributed by atoms with van der Waals surface area (Å²) in [6.45, 7) is 3.60. The standard InChI is InChI=1S/C24H23N5O2S/c30-23(21-8-5-15-32-21)26-20-7-2-1-6-19(20)24(31)28-13-11-27(12-14-28)16-18-17-29-10-4-3-9-22(29)25-18/h1-10,15,17H,11-14,16H2,(H,26,30). The molecule has 5 rings (SSSR count). The van der Waals surface area contributed by atoms with E-state index in [4.69, 9.17) is 0 Å². The van der Waals surface area contributed by atoms with Gasteiger partial charge in [-0.1, -0.05) is 24.3 Å². The average Bonchev–Trinajstić information content (AvgIpc) is 3.49. The lowest BCUT2D eigenvalue weighted by Gasteiger charge is -2.34. The van der Waals surface area contributed by atoms with Crippen LogP contribution in [-0.4, -0.2) is 57.2 Å². The van der Waals surface area contributed by atoms with Crippen LogP contribution in [0.4, 0.5) is 5.69 Å². The molecular formula is C24H23N5O2S. The number of fused-ring (bicyclic) bond motifs is 1. The molecule has 0 unspecified atom stereocenters. The van der Waals surface area contributed by atoms with Crippen molar-refractivity contribution in [3.8, 4) is 0 Å². The van der Waals surface area contributed by atoms with Crippen molar-refractivity contribution in [2.24, 2.45) is 0 Å². The van der Waals surface area contributed by atoms with Crippen LogP contribution >= 0.6 is 11.3 Å². The fourth-order valence-electron chi connectivity index (χ4n) is 3.94. The first-order valence-corrected chi connectivity index (χ1v) is 11.4. The second kappa shape index (κ2) is 8.94. The van der Waals surface area contributed by atoms with Crippen LogP contribution in [0.5, 0.6) is 0 Å². The normalized spacial score (nSPS) is 14.6. The number of imidazole rings is 1. The second-order valence-corrected chi connectivity index (χ2v) is 8.69. The molecule has 0 bridgehead atoms. The van der Waals surface area contributed by atoms with Crippen LogP contribution in [0.3, 0.4) is 0 Å². The summed E-state index contributed by atoms with van der Waals surface area (Å²) in [7, 11) is 0. The minimum absolute atomic E-state index is 0.0561. The third kappa shape index (κ3) is 4.28. The first-order chi connectivity index (χ1) is 15.7. The number of hydrogen-bond donors (Lipinski definition) is 1. The molecule has 0 radical (unpaired) electrons. The number of amides is 2. The van der Waals surface area contributed by atoms with Gasteiger partial charge in [-0.3, -0.25) is 14.5 Å². The number of carbonyl (C=O) groups excluding carboxylic acids is 2. The van der Waals surface area contributed by atoms with E-state index in [0.717, 1.165) is 31.0 Å². The maximum atomic E-state index is 13.2. The summed E-state index contributed by atoms with van der Waals surface area (Å²) in [6.07, 6.45) is 4.05. The van der Waals surface area contributed by atoms with Gasteiger partial charge in [-0.25, -0.2) is 4.98 Å². The Labute approximate surface area is 189 Å². The molecule has 1 aromatic carbocycles. The molecule has 1 aliphatic heterocycles. The fourth-order valence-corrected chi connectivity index (χ4v) is 4.56. The van der Waals surface area contributed by atoms with Gasteiger partial charge < -0.3 is 14.6 Å². The molecule has 162 valence electrons. The molecule has 2 amide bonds. The summed E-state index contributed by atoms with van der Waals surface area (Å²) in [4.78, 5) is 35.1. The monoisotopic (exact) mass is 445 g/mol. The van der Waals surface area contributed by atoms with E-state index in [-0.39, 0.29) is 11.8 Å². The van der Waals surface area contributed by atoms with Crippen molar-refractivity contribution in [2.75, 3.05) is 31.5 Å². The molecule has 3 aromatic heterocycles. The molecule has 4 heterocycles. The quantitative estimate of drug-likeness (QED) is 0.510. The van der Waals surface area contributed by atoms with E-state index in [0.29, 0.717) is 29.2 Å². The molecule has 7 nitrogen and oxygen atoms in total. The lowest BCUT2D eigenvalue weighted by molar-refractivity contribution is 0.0628. The Hall–Kier alpha value is -3.49. The van der Waals surface area contributed by atoms with Crippen molar-refractivity contribution in [3.63, 3.8) is 0 Å². The Morgan fingerprint density at radius 3 is 2.56 bits per heavy atom. The number of carbonyl (C=O) groups is 2. The number of hydrogen-bond acceptors (Lipinski definition) is 5. The molecule has 0 saturated carbocycles. The molecule has 4 aromatic rings. The van der Waals surface area contributed by atoms with E-state index >= 15 is 0 Å². The number of rotatable bonds is 5. The summed E-state index contributed by atoms with van der Waals surface area (Å²) in [5, 5.41) is 4.75. The molecular weight excluding hydrogens is 422 g/mol. The smallest absolute Gasteiger partial charge is 0.265 e. The van der Waals surface area contributed by atoms with Gasteiger partial charge in [0, 0.05) is 45.1 Å². The third-order valence-electron chi connectivity index (χ3n) is 5.61. The number of aromatic nitrogens is 2. The van der Waals surface area contributed by atoms with E-state index in [1.165, 1.54) is 11.3 Å². The maximum absolute atomic E-state index is 13.2. The Morgan fingerprint density at radius 1 is 0.969 bits per heavy atom. The molecule has 8 heteroatoms. The van der Waals surface area contributed by atoms with Crippen molar-refractivity contribution in [1.82, 2.24) is 19.2 Å². The zero-order chi connectivity index (χ0) is 21.9. The second-order valence-electron chi connectivity index (χ2n) is 7.74. The maximum Gasteiger partial charge on any atom is 0.265 e. The summed E-state index contributed by atoms with van der Waals surface area (Å²) in [5.74, 6) is -0.253. The predicted molar refractivity (Wildman–Crippen MR) is 125 cm³/mol. The van der Waals surface area contributed by atoms with Crippen LogP contribution in [0.15, 0.2) is 72.4 Å². The highest BCUT2D eigenvalue weighted by molar-refractivity contribution is 7.12. The van der Waals surface area contributed by atoms with Crippen LogP contribution < -0.4 is 5.32 Å². The van der Waals surface area contributed by atoms with Gasteiger partial charge in [0.2, 0.25) is 0 Å². The first-order valence-electron chi connectivity index (χ1n) is 10.6. The molecule has 0 aliphatic carbocycles. The number of benzene rings is 1. The van der Waals surface area contributed by atoms with Gasteiger partial charge >= 0.3 is 0 Å². The Balaban J connectivity index is 1.22. The van der Waals surface area contributed by atoms with Gasteiger partial charge in [-0.2, -0.15) is 0 Å². The van der Waals surface area contributed by atoms with Crippen molar-refractivity contribution in [1.29, 1.82) is 0 Å². The van der Waals surface area contributed by atoms with E-state index in [2.05, 4.69) is 21.4 Å². The highest BCUT2D eigenvalue weighted by atomic mass is 32.1. The highest BCUT2D eigenvalue weighted by Crippen LogP contribution is 2.21. The number of nitrogens with one attached hydrogen (secondary N) is 1. The summed E-state index contributed by atoms with van der Waals surface area (Å²) < 4.78 is 2.02. The average molecular weight is 446 g/mol. The lowest BCUT2D eigenvalue weighted by Crippen LogP contribution is -2.48. The Kier molecular flexibility index (Phi) is 5.70. The van der Waals surface area contributed by atoms with Gasteiger partial charge in [0.15, 0.2) is 0 Å². The number of thiophene rings is 1. The van der Waals surface area contributed by atoms with Gasteiger partial charge in [0.25, 0.3) is 11.8 Å². The Morgan fingerprint density at radius 2 is 1.78 bits per heavy atom. The van der Waals surface area contributed by atoms with E-state index in [1.807, 2.05) is 57.3 Å². The summed E-state index contributed by atoms with van der Waals surface area (Å²) in [6, 6.07) is 16.8. The zero-order valence-electron chi connectivity index (χ0n) is 17.5. The van der Waals surface area contributed by atoms with Gasteiger partial charge in [0.05, 0.1) is 21.8 Å². The molecule has 32 heavy (non-hydrogen) atoms. The van der Waals surface area contributed by atoms with E-state index in [9.17, 15) is 9.59 Å². The lowest BCUT2D eigenvalue weighted by atomic mass is 10.1. The van der Waals surface area contributed by atoms with Crippen molar-refractivity contribution in [2.45, 2.75) is 6.54 Å². The number of anilines is 1. The number of pyridine rings is 1. The van der Waals surface area contributed by atoms with Crippen LogP contribution in [-0.2, 0) is 6.54 Å². The fraction of sp³-hybridized carbons (Fsp3) is 0.208. The number of piperazine rings is 1. The van der Waals surface area contributed by atoms with Crippen LogP contribution in [0.2, 0.25) is 0 Å². The minimum atomic E-state index is -0.197. The van der Waals surface area contributed by atoms with E-state index < -0.39 is 0 Å². The first kappa shape index (κ1) is 20.4. The number of nitrogens with zero attached hydrogens (tertiary/aromatic N) is 4. The van der Waals surface area contributed by atoms with Crippen LogP contribution in [0, 0.1) is 0 Å². The minimum Gasteiger partial charge on any atom is -0.336 e. The van der Waals surface area contributed by atoms with Gasteiger partial charge in [-0.15, -0.1) is 11.3 Å². The molecule has 1 aliphatic rings. The van der Waals surface area contributed by atoms with Gasteiger partial charge in [-0.05, 0) is 35.7 Å². The summed E-state index contributed by atoms with van der Waals surface area (Å²) >= 11 is 1.38. The largest absolute Gasteiger partial charge is 0.336 e. The third-order valence-corrected chi connectivity index (χ3v) is 6.48. The topological polar surface area (TPSA) is 70.0 Å². The molecule has 1 saturated heterocycles. The van der Waals surface area contributed by atoms with Crippen molar-refractivity contribution >= 4 is 34.5 Å². The van der Waals surface area contributed by atoms with Gasteiger partial charge in [0.1, 0.15) is 5.65 Å². The zero-order valence-corrected chi connectivity index (χ0v) is 18.3. The van der Waals surface area contributed by atoms with Crippen LogP contribution in [0.25, 0.3) is 5.65 Å². The SMILES string of the molecule is O=C(Nc1ccccc1C(=O)N1CCN(Cc2cn3ccccc3n2)CC1)c1cccs1. The molecule has 1 N–H and O–H groups in total. The highest BCUT2D eigenvalue weighted by Gasteiger charge is 2.25. The molecule has 0 spiro atoms. The van der Waals surface area contributed by atoms with Crippen LogP contribution in [0.1, 0.15) is 25.7 Å². The van der Waals surface area contributed by atoms with Crippen molar-refractivity contribution < 1.29 is 9.59 Å². The molecule has 0 atom stereocenters. The van der Waals surface area contributed by atoms with E-state index in [1.54, 1.807) is 18.2 Å². The molecule has 1 fully saturated rings. The predicted octanol–water partition coefficient (Wildman–Crippen LogP) is 3.61. The summed E-state index contributed by atoms with van der Waals surface area (Å²) in [5.41, 5.74) is 3.03. The van der Waals surface area contributed by atoms with Crippen molar-refractivity contribution in [3.05, 3.63) is 88.5 Å².